The van der Waals surface area contributed by atoms with Crippen molar-refractivity contribution in [2.24, 2.45) is 10.3 Å². The van der Waals surface area contributed by atoms with E-state index in [1.807, 2.05) is 0 Å². The Morgan fingerprint density at radius 3 is 2.54 bits per heavy atom. The average Bonchev–Trinajstić information content (AvgIpc) is 2.54. The first-order chi connectivity index (χ1) is 11.3. The number of hydrogen-bond donors (Lipinski definition) is 4. The molecule has 2 unspecified atom stereocenters. The third kappa shape index (κ3) is 9.74. The van der Waals surface area contributed by atoms with Crippen LogP contribution < -0.4 is 16.4 Å². The van der Waals surface area contributed by atoms with Gasteiger partial charge in [-0.2, -0.15) is 0 Å². The summed E-state index contributed by atoms with van der Waals surface area (Å²) in [6.45, 7) is 1.38. The van der Waals surface area contributed by atoms with Crippen LogP contribution in [-0.2, 0) is 23.9 Å². The van der Waals surface area contributed by atoms with Gasteiger partial charge in [-0.15, -0.1) is 4.91 Å². The third-order valence-corrected chi connectivity index (χ3v) is 3.25. The van der Waals surface area contributed by atoms with Gasteiger partial charge in [0.15, 0.2) is 0 Å². The molecule has 2 atom stereocenters. The quantitative estimate of drug-likeness (QED) is 0.187. The second kappa shape index (κ2) is 12.2. The molecule has 0 spiro atoms. The molecule has 5 N–H and O–H groups in total. The first-order valence-electron chi connectivity index (χ1n) is 6.97. The highest BCUT2D eigenvalue weighted by atomic mass is 32.2. The standard InChI is InChI=1S/C12H20N4O7S/c1-2-23-10(18)5-14-11(19)8(6-24-16-22)15-9(17)4-3-7(13)12(20)21/h7-8H,2-6,13H2,1H3,(H,14,19)(H,15,17)(H,20,21). The fourth-order valence-corrected chi connectivity index (χ4v) is 1.90. The van der Waals surface area contributed by atoms with Crippen LogP contribution in [0.1, 0.15) is 19.8 Å². The Morgan fingerprint density at radius 1 is 1.33 bits per heavy atom. The highest BCUT2D eigenvalue weighted by Crippen LogP contribution is 2.05. The maximum absolute atomic E-state index is 11.9. The second-order valence-electron chi connectivity index (χ2n) is 4.50. The summed E-state index contributed by atoms with van der Waals surface area (Å²) >= 11 is 0.519. The number of nitrogens with two attached hydrogens (primary N) is 1. The molecule has 11 nitrogen and oxygen atoms in total. The number of hydrogen-bond acceptors (Lipinski definition) is 9. The number of rotatable bonds is 12. The van der Waals surface area contributed by atoms with Crippen molar-refractivity contribution in [3.05, 3.63) is 4.91 Å². The lowest BCUT2D eigenvalue weighted by molar-refractivity contribution is -0.143. The van der Waals surface area contributed by atoms with Gasteiger partial charge in [-0.05, 0) is 13.3 Å². The minimum Gasteiger partial charge on any atom is -0.480 e. The molecule has 0 saturated heterocycles. The number of aliphatic carboxylic acids is 1. The van der Waals surface area contributed by atoms with Gasteiger partial charge < -0.3 is 26.2 Å². The summed E-state index contributed by atoms with van der Waals surface area (Å²) in [7, 11) is 0. The molecular formula is C12H20N4O7S. The van der Waals surface area contributed by atoms with Crippen LogP contribution in [0.5, 0.6) is 0 Å². The monoisotopic (exact) mass is 364 g/mol. The first kappa shape index (κ1) is 21.8. The Morgan fingerprint density at radius 2 is 2.00 bits per heavy atom. The van der Waals surface area contributed by atoms with Crippen LogP contribution in [0, 0.1) is 4.91 Å². The van der Waals surface area contributed by atoms with E-state index >= 15 is 0 Å². The molecule has 0 saturated carbocycles. The molecule has 0 aromatic carbocycles. The van der Waals surface area contributed by atoms with Crippen molar-refractivity contribution in [1.82, 2.24) is 10.6 Å². The van der Waals surface area contributed by atoms with Gasteiger partial charge in [0.1, 0.15) is 18.6 Å². The lowest BCUT2D eigenvalue weighted by atomic mass is 10.1. The van der Waals surface area contributed by atoms with E-state index in [4.69, 9.17) is 10.8 Å². The number of carbonyl (C=O) groups is 4. The number of ether oxygens (including phenoxy) is 1. The summed E-state index contributed by atoms with van der Waals surface area (Å²) in [5, 5.41) is 13.2. The molecule has 136 valence electrons. The smallest absolute Gasteiger partial charge is 0.325 e. The summed E-state index contributed by atoms with van der Waals surface area (Å²) in [4.78, 5) is 55.6. The SMILES string of the molecule is CCOC(=O)CNC(=O)C(CSN=O)NC(=O)CCC(N)C(=O)O. The zero-order valence-corrected chi connectivity index (χ0v) is 13.8. The van der Waals surface area contributed by atoms with Gasteiger partial charge in [-0.25, -0.2) is 0 Å². The number of carboxylic acids is 1. The number of nitroso groups, excluding NO2 is 1. The highest BCUT2D eigenvalue weighted by molar-refractivity contribution is 7.97. The second-order valence-corrected chi connectivity index (χ2v) is 5.24. The Hall–Kier alpha value is -2.21. The van der Waals surface area contributed by atoms with E-state index in [0.717, 1.165) is 0 Å². The van der Waals surface area contributed by atoms with Gasteiger partial charge in [0.05, 0.1) is 6.61 Å². The third-order valence-electron chi connectivity index (χ3n) is 2.66. The molecule has 0 fully saturated rings. The summed E-state index contributed by atoms with van der Waals surface area (Å²) in [5.74, 6) is -3.35. The summed E-state index contributed by atoms with van der Waals surface area (Å²) in [6, 6.07) is -2.31. The van der Waals surface area contributed by atoms with E-state index in [-0.39, 0.29) is 31.7 Å². The topological polar surface area (TPSA) is 177 Å². The lowest BCUT2D eigenvalue weighted by Crippen LogP contribution is -2.49. The fourth-order valence-electron chi connectivity index (χ4n) is 1.46. The molecule has 0 heterocycles. The van der Waals surface area contributed by atoms with Gasteiger partial charge in [-0.3, -0.25) is 19.2 Å². The Bertz CT molecular complexity index is 474. The molecule has 0 rings (SSSR count). The van der Waals surface area contributed by atoms with Gasteiger partial charge in [0.2, 0.25) is 11.8 Å². The highest BCUT2D eigenvalue weighted by Gasteiger charge is 2.23. The van der Waals surface area contributed by atoms with Crippen molar-refractivity contribution in [3.8, 4) is 0 Å². The molecule has 0 aliphatic carbocycles. The van der Waals surface area contributed by atoms with E-state index in [1.54, 1.807) is 6.92 Å². The van der Waals surface area contributed by atoms with Crippen molar-refractivity contribution < 1.29 is 29.0 Å². The van der Waals surface area contributed by atoms with E-state index in [1.165, 1.54) is 0 Å². The normalized spacial score (nSPS) is 12.6. The number of carbonyl (C=O) groups excluding carboxylic acids is 3. The molecule has 0 radical (unpaired) electrons. The molecule has 0 bridgehead atoms. The van der Waals surface area contributed by atoms with Crippen LogP contribution in [0.15, 0.2) is 4.58 Å². The van der Waals surface area contributed by atoms with Crippen LogP contribution in [0.25, 0.3) is 0 Å². The van der Waals surface area contributed by atoms with Crippen LogP contribution in [-0.4, -0.2) is 59.8 Å². The number of amides is 2. The van der Waals surface area contributed by atoms with Crippen LogP contribution in [0.2, 0.25) is 0 Å². The van der Waals surface area contributed by atoms with Crippen LogP contribution in [0.4, 0.5) is 0 Å². The summed E-state index contributed by atoms with van der Waals surface area (Å²) in [5.41, 5.74) is 5.27. The molecular weight excluding hydrogens is 344 g/mol. The zero-order chi connectivity index (χ0) is 18.5. The molecule has 12 heteroatoms. The Balaban J connectivity index is 4.49. The van der Waals surface area contributed by atoms with Crippen molar-refractivity contribution in [1.29, 1.82) is 0 Å². The number of nitrogens with one attached hydrogen (secondary N) is 2. The zero-order valence-electron chi connectivity index (χ0n) is 13.0. The van der Waals surface area contributed by atoms with Crippen molar-refractivity contribution >= 4 is 35.7 Å². The van der Waals surface area contributed by atoms with Crippen molar-refractivity contribution in [2.45, 2.75) is 31.8 Å². The van der Waals surface area contributed by atoms with Gasteiger partial charge in [-0.1, -0.05) is 0 Å². The predicted molar refractivity (Wildman–Crippen MR) is 84.7 cm³/mol. The summed E-state index contributed by atoms with van der Waals surface area (Å²) in [6.07, 6.45) is -0.328. The maximum atomic E-state index is 11.9. The largest absolute Gasteiger partial charge is 0.480 e. The van der Waals surface area contributed by atoms with E-state index in [0.29, 0.717) is 11.9 Å². The number of esters is 1. The Kier molecular flexibility index (Phi) is 11.1. The average molecular weight is 364 g/mol. The van der Waals surface area contributed by atoms with Gasteiger partial charge in [0, 0.05) is 28.7 Å². The van der Waals surface area contributed by atoms with E-state index in [9.17, 15) is 24.1 Å². The molecule has 0 aromatic rings. The minimum atomic E-state index is -1.24. The fraction of sp³-hybridized carbons (Fsp3) is 0.667. The van der Waals surface area contributed by atoms with Crippen molar-refractivity contribution in [2.75, 3.05) is 18.9 Å². The van der Waals surface area contributed by atoms with E-state index < -0.39 is 35.8 Å². The molecule has 0 aromatic heterocycles. The predicted octanol–water partition coefficient (Wildman–Crippen LogP) is -1.24. The number of carboxylic acid groups (broad SMARTS) is 1. The molecule has 0 aliphatic heterocycles. The van der Waals surface area contributed by atoms with Gasteiger partial charge >= 0.3 is 11.9 Å². The minimum absolute atomic E-state index is 0.114. The van der Waals surface area contributed by atoms with Crippen LogP contribution in [0.3, 0.4) is 0 Å². The van der Waals surface area contributed by atoms with Crippen LogP contribution >= 0.6 is 11.9 Å². The van der Waals surface area contributed by atoms with Crippen molar-refractivity contribution in [3.63, 3.8) is 0 Å². The Labute approximate surface area is 142 Å². The first-order valence-corrected chi connectivity index (χ1v) is 7.91. The molecule has 2 amide bonds. The number of nitrogens with zero attached hydrogens (tertiary/aromatic N) is 1. The maximum Gasteiger partial charge on any atom is 0.325 e. The van der Waals surface area contributed by atoms with E-state index in [2.05, 4.69) is 20.0 Å². The molecule has 0 aliphatic rings. The summed E-state index contributed by atoms with van der Waals surface area (Å²) < 4.78 is 7.17. The molecule has 24 heavy (non-hydrogen) atoms. The lowest BCUT2D eigenvalue weighted by Gasteiger charge is -2.17. The van der Waals surface area contributed by atoms with Gasteiger partial charge in [0.25, 0.3) is 0 Å².